The van der Waals surface area contributed by atoms with Gasteiger partial charge in [-0.1, -0.05) is 23.8 Å². The Balaban J connectivity index is 1.40. The van der Waals surface area contributed by atoms with E-state index in [0.29, 0.717) is 30.3 Å². The van der Waals surface area contributed by atoms with Crippen LogP contribution in [0.4, 0.5) is 0 Å². The molecule has 3 heterocycles. The second-order valence-electron chi connectivity index (χ2n) is 8.36. The highest BCUT2D eigenvalue weighted by Crippen LogP contribution is 2.27. The number of nitrogens with one attached hydrogen (secondary N) is 1. The zero-order valence-corrected chi connectivity index (χ0v) is 18.7. The predicted molar refractivity (Wildman–Crippen MR) is 123 cm³/mol. The minimum Gasteiger partial charge on any atom is -0.481 e. The molecule has 1 aliphatic rings. The van der Waals surface area contributed by atoms with Crippen LogP contribution in [0.1, 0.15) is 42.6 Å². The number of rotatable bonds is 5. The fourth-order valence-electron chi connectivity index (χ4n) is 4.12. The Morgan fingerprint density at radius 2 is 1.91 bits per heavy atom. The number of piperidine rings is 1. The standard InChI is InChI=1S/C25H28N4O3/c1-16-7-8-22(17(2)14-16)32-18(3)25(31)29-12-9-19(10-13-29)24-27-21(15-23(30)28-24)20-6-4-5-11-26-20/h4-8,11,14-15,18-19H,9-10,12-13H2,1-3H3,(H,27,28,30)/t18-/m1/s1. The van der Waals surface area contributed by atoms with Crippen molar-refractivity contribution >= 4 is 5.91 Å². The number of aryl methyl sites for hydroxylation is 2. The molecule has 7 heteroatoms. The van der Waals surface area contributed by atoms with Crippen LogP contribution in [0.15, 0.2) is 53.5 Å². The van der Waals surface area contributed by atoms with Crippen LogP contribution in [0.25, 0.3) is 11.4 Å². The molecule has 1 atom stereocenters. The SMILES string of the molecule is Cc1ccc(O[C@H](C)C(=O)N2CCC(c3nc(-c4ccccn4)cc(=O)[nH]3)CC2)c(C)c1. The molecule has 4 rings (SSSR count). The lowest BCUT2D eigenvalue weighted by atomic mass is 9.95. The van der Waals surface area contributed by atoms with Gasteiger partial charge in [0, 0.05) is 31.3 Å². The summed E-state index contributed by atoms with van der Waals surface area (Å²) in [5.41, 5.74) is 3.23. The first kappa shape index (κ1) is 21.7. The van der Waals surface area contributed by atoms with Gasteiger partial charge in [0.15, 0.2) is 6.10 Å². The predicted octanol–water partition coefficient (Wildman–Crippen LogP) is 3.62. The summed E-state index contributed by atoms with van der Waals surface area (Å²) in [6.45, 7) is 7.01. The molecule has 1 amide bonds. The van der Waals surface area contributed by atoms with Gasteiger partial charge in [-0.3, -0.25) is 14.6 Å². The molecule has 0 aliphatic carbocycles. The summed E-state index contributed by atoms with van der Waals surface area (Å²) in [5, 5.41) is 0. The van der Waals surface area contributed by atoms with Gasteiger partial charge in [0.2, 0.25) is 0 Å². The van der Waals surface area contributed by atoms with Gasteiger partial charge in [0.25, 0.3) is 11.5 Å². The van der Waals surface area contributed by atoms with Crippen molar-refractivity contribution in [2.24, 2.45) is 0 Å². The Bertz CT molecular complexity index is 1150. The largest absolute Gasteiger partial charge is 0.481 e. The summed E-state index contributed by atoms with van der Waals surface area (Å²) in [6.07, 6.45) is 2.59. The molecule has 0 spiro atoms. The third-order valence-corrected chi connectivity index (χ3v) is 5.86. The lowest BCUT2D eigenvalue weighted by Crippen LogP contribution is -2.44. The molecule has 0 radical (unpaired) electrons. The minimum absolute atomic E-state index is 0.0212. The summed E-state index contributed by atoms with van der Waals surface area (Å²) in [6, 6.07) is 13.0. The van der Waals surface area contributed by atoms with Crippen LogP contribution in [0.2, 0.25) is 0 Å². The summed E-state index contributed by atoms with van der Waals surface area (Å²) in [4.78, 5) is 38.8. The summed E-state index contributed by atoms with van der Waals surface area (Å²) >= 11 is 0. The van der Waals surface area contributed by atoms with Gasteiger partial charge in [0.05, 0.1) is 11.4 Å². The highest BCUT2D eigenvalue weighted by atomic mass is 16.5. The number of carbonyl (C=O) groups excluding carboxylic acids is 1. The lowest BCUT2D eigenvalue weighted by molar-refractivity contribution is -0.139. The number of nitrogens with zero attached hydrogens (tertiary/aromatic N) is 3. The lowest BCUT2D eigenvalue weighted by Gasteiger charge is -2.33. The van der Waals surface area contributed by atoms with E-state index in [1.807, 2.05) is 55.1 Å². The first-order valence-electron chi connectivity index (χ1n) is 11.0. The van der Waals surface area contributed by atoms with E-state index < -0.39 is 6.10 Å². The molecule has 0 unspecified atom stereocenters. The van der Waals surface area contributed by atoms with Crippen molar-refractivity contribution in [1.29, 1.82) is 0 Å². The van der Waals surface area contributed by atoms with Crippen LogP contribution in [0.5, 0.6) is 5.75 Å². The first-order chi connectivity index (χ1) is 15.4. The quantitative estimate of drug-likeness (QED) is 0.665. The van der Waals surface area contributed by atoms with E-state index in [1.54, 1.807) is 13.1 Å². The smallest absolute Gasteiger partial charge is 0.263 e. The van der Waals surface area contributed by atoms with Crippen LogP contribution in [-0.2, 0) is 4.79 Å². The molecule has 0 saturated carbocycles. The fraction of sp³-hybridized carbons (Fsp3) is 0.360. The Labute approximate surface area is 187 Å². The third kappa shape index (κ3) is 4.88. The van der Waals surface area contributed by atoms with Crippen LogP contribution < -0.4 is 10.3 Å². The second kappa shape index (κ2) is 9.34. The molecular weight excluding hydrogens is 404 g/mol. The zero-order valence-electron chi connectivity index (χ0n) is 18.7. The van der Waals surface area contributed by atoms with Crippen molar-refractivity contribution in [3.63, 3.8) is 0 Å². The van der Waals surface area contributed by atoms with E-state index >= 15 is 0 Å². The van der Waals surface area contributed by atoms with E-state index in [1.165, 1.54) is 6.07 Å². The maximum atomic E-state index is 12.9. The van der Waals surface area contributed by atoms with E-state index in [0.717, 1.165) is 29.7 Å². The summed E-state index contributed by atoms with van der Waals surface area (Å²) in [5.74, 6) is 1.46. The number of likely N-dealkylation sites (tertiary alicyclic amines) is 1. The minimum atomic E-state index is -0.557. The van der Waals surface area contributed by atoms with E-state index in [9.17, 15) is 9.59 Å². The average Bonchev–Trinajstić information content (AvgIpc) is 2.80. The molecule has 0 bridgehead atoms. The molecule has 1 N–H and O–H groups in total. The van der Waals surface area contributed by atoms with Crippen LogP contribution in [-0.4, -0.2) is 45.0 Å². The molecule has 3 aromatic rings. The molecule has 1 fully saturated rings. The van der Waals surface area contributed by atoms with Gasteiger partial charge < -0.3 is 14.6 Å². The number of hydrogen-bond acceptors (Lipinski definition) is 5. The van der Waals surface area contributed by atoms with Crippen molar-refractivity contribution in [3.05, 3.63) is 76.0 Å². The zero-order chi connectivity index (χ0) is 22.7. The Morgan fingerprint density at radius 3 is 2.59 bits per heavy atom. The Morgan fingerprint density at radius 1 is 1.12 bits per heavy atom. The van der Waals surface area contributed by atoms with Crippen LogP contribution >= 0.6 is 0 Å². The molecule has 32 heavy (non-hydrogen) atoms. The second-order valence-corrected chi connectivity index (χ2v) is 8.36. The van der Waals surface area contributed by atoms with Gasteiger partial charge in [-0.2, -0.15) is 0 Å². The molecular formula is C25H28N4O3. The maximum Gasteiger partial charge on any atom is 0.263 e. The molecule has 1 saturated heterocycles. The van der Waals surface area contributed by atoms with E-state index in [4.69, 9.17) is 4.74 Å². The number of aromatic amines is 1. The van der Waals surface area contributed by atoms with E-state index in [2.05, 4.69) is 15.0 Å². The fourth-order valence-corrected chi connectivity index (χ4v) is 4.12. The van der Waals surface area contributed by atoms with Gasteiger partial charge in [-0.25, -0.2) is 4.98 Å². The number of ether oxygens (including phenoxy) is 1. The molecule has 166 valence electrons. The number of hydrogen-bond donors (Lipinski definition) is 1. The third-order valence-electron chi connectivity index (χ3n) is 5.86. The molecule has 2 aromatic heterocycles. The average molecular weight is 433 g/mol. The number of aromatic nitrogens is 3. The molecule has 1 aliphatic heterocycles. The summed E-state index contributed by atoms with van der Waals surface area (Å²) < 4.78 is 5.95. The van der Waals surface area contributed by atoms with Crippen molar-refractivity contribution in [2.45, 2.75) is 45.6 Å². The van der Waals surface area contributed by atoms with Crippen molar-refractivity contribution in [2.75, 3.05) is 13.1 Å². The van der Waals surface area contributed by atoms with Crippen molar-refractivity contribution < 1.29 is 9.53 Å². The topological polar surface area (TPSA) is 88.2 Å². The Hall–Kier alpha value is -3.48. The number of H-pyrrole nitrogens is 1. The van der Waals surface area contributed by atoms with Gasteiger partial charge in [-0.15, -0.1) is 0 Å². The first-order valence-corrected chi connectivity index (χ1v) is 11.0. The normalized spacial score (nSPS) is 15.4. The highest BCUT2D eigenvalue weighted by molar-refractivity contribution is 5.81. The van der Waals surface area contributed by atoms with Crippen molar-refractivity contribution in [1.82, 2.24) is 19.9 Å². The number of amides is 1. The number of carbonyl (C=O) groups is 1. The summed E-state index contributed by atoms with van der Waals surface area (Å²) in [7, 11) is 0. The number of pyridine rings is 1. The van der Waals surface area contributed by atoms with Gasteiger partial charge >= 0.3 is 0 Å². The van der Waals surface area contributed by atoms with Crippen LogP contribution in [0.3, 0.4) is 0 Å². The van der Waals surface area contributed by atoms with E-state index in [-0.39, 0.29) is 17.4 Å². The maximum absolute atomic E-state index is 12.9. The van der Waals surface area contributed by atoms with Crippen LogP contribution in [0, 0.1) is 13.8 Å². The molecule has 7 nitrogen and oxygen atoms in total. The Kier molecular flexibility index (Phi) is 6.35. The molecule has 1 aromatic carbocycles. The number of benzene rings is 1. The van der Waals surface area contributed by atoms with Crippen molar-refractivity contribution in [3.8, 4) is 17.1 Å². The highest BCUT2D eigenvalue weighted by Gasteiger charge is 2.29. The van der Waals surface area contributed by atoms with Gasteiger partial charge in [-0.05, 0) is 57.4 Å². The van der Waals surface area contributed by atoms with Gasteiger partial charge in [0.1, 0.15) is 11.6 Å². The monoisotopic (exact) mass is 432 g/mol.